The molecule has 1 N–H and O–H groups in total. The summed E-state index contributed by atoms with van der Waals surface area (Å²) in [6, 6.07) is 12.0. The topological polar surface area (TPSA) is 35.9 Å². The Morgan fingerprint density at radius 2 is 1.69 bits per heavy atom. The predicted octanol–water partition coefficient (Wildman–Crippen LogP) is 4.61. The average Bonchev–Trinajstić information content (AvgIpc) is 3.18. The van der Waals surface area contributed by atoms with Crippen LogP contribution in [0.25, 0.3) is 0 Å². The fourth-order valence-corrected chi connectivity index (χ4v) is 5.75. The molecular weight excluding hydrogens is 410 g/mol. The molecule has 0 aromatic heterocycles. The van der Waals surface area contributed by atoms with Crippen molar-refractivity contribution >= 4 is 5.69 Å². The average molecular weight is 443 g/mol. The number of benzene rings is 2. The lowest BCUT2D eigenvalue weighted by atomic mass is 9.78. The molecule has 32 heavy (non-hydrogen) atoms. The van der Waals surface area contributed by atoms with Crippen LogP contribution in [0.1, 0.15) is 37.7 Å². The van der Waals surface area contributed by atoms with E-state index in [2.05, 4.69) is 15.9 Å². The van der Waals surface area contributed by atoms with Crippen molar-refractivity contribution in [3.8, 4) is 5.75 Å². The number of piperidine rings is 1. The summed E-state index contributed by atoms with van der Waals surface area (Å²) in [5, 5.41) is 10.9. The van der Waals surface area contributed by atoms with E-state index in [1.165, 1.54) is 31.4 Å². The second-order valence-corrected chi connectivity index (χ2v) is 9.66. The van der Waals surface area contributed by atoms with Crippen molar-refractivity contribution in [3.05, 3.63) is 59.7 Å². The van der Waals surface area contributed by atoms with Crippen LogP contribution in [0.15, 0.2) is 42.5 Å². The zero-order chi connectivity index (χ0) is 22.1. The van der Waals surface area contributed by atoms with Crippen LogP contribution in [0, 0.1) is 23.5 Å². The fraction of sp³-hybridized carbons (Fsp3) is 0.538. The normalized spacial score (nSPS) is 28.5. The zero-order valence-electron chi connectivity index (χ0n) is 18.4. The highest BCUT2D eigenvalue weighted by Gasteiger charge is 2.43. The molecule has 172 valence electrons. The SMILES string of the molecule is O[C@@H]1C[C@H]2CN(Cc3ccc(F)cc3F)C[C@H]2C[C@H]1Oc1ccccc1N1CCCCC1. The Balaban J connectivity index is 1.24. The lowest BCUT2D eigenvalue weighted by Crippen LogP contribution is -2.42. The van der Waals surface area contributed by atoms with Gasteiger partial charge in [-0.05, 0) is 62.1 Å². The number of rotatable bonds is 5. The Labute approximate surface area is 188 Å². The van der Waals surface area contributed by atoms with Gasteiger partial charge in [0.2, 0.25) is 0 Å². The van der Waals surface area contributed by atoms with Gasteiger partial charge in [-0.2, -0.15) is 0 Å². The summed E-state index contributed by atoms with van der Waals surface area (Å²) >= 11 is 0. The van der Waals surface area contributed by atoms with E-state index in [1.807, 2.05) is 18.2 Å². The first-order chi connectivity index (χ1) is 15.6. The second-order valence-electron chi connectivity index (χ2n) is 9.66. The summed E-state index contributed by atoms with van der Waals surface area (Å²) in [7, 11) is 0. The number of para-hydroxylation sites is 2. The smallest absolute Gasteiger partial charge is 0.143 e. The first-order valence-electron chi connectivity index (χ1n) is 11.9. The van der Waals surface area contributed by atoms with Gasteiger partial charge in [-0.25, -0.2) is 8.78 Å². The maximum absolute atomic E-state index is 14.1. The Kier molecular flexibility index (Phi) is 6.33. The number of aliphatic hydroxyl groups is 1. The highest BCUT2D eigenvalue weighted by molar-refractivity contribution is 5.58. The van der Waals surface area contributed by atoms with Gasteiger partial charge < -0.3 is 14.7 Å². The van der Waals surface area contributed by atoms with Crippen LogP contribution in [0.3, 0.4) is 0 Å². The molecule has 0 radical (unpaired) electrons. The molecule has 3 fully saturated rings. The van der Waals surface area contributed by atoms with Crippen molar-refractivity contribution in [2.24, 2.45) is 11.8 Å². The van der Waals surface area contributed by atoms with Gasteiger partial charge in [0.15, 0.2) is 0 Å². The summed E-state index contributed by atoms with van der Waals surface area (Å²) in [5.74, 6) is 0.615. The van der Waals surface area contributed by atoms with Crippen LogP contribution >= 0.6 is 0 Å². The standard InChI is InChI=1S/C26H32F2N2O2/c27-21-9-8-18(22(28)14-21)15-29-16-19-12-24(31)26(13-20(19)17-29)32-25-7-3-2-6-23(25)30-10-4-1-5-11-30/h2-3,6-9,14,19-20,24,26,31H,1,4-5,10-13,15-17H2/t19-,20+,24+,26+/m0/s1. The number of halogens is 2. The van der Waals surface area contributed by atoms with Crippen molar-refractivity contribution in [2.45, 2.75) is 50.9 Å². The first-order valence-corrected chi connectivity index (χ1v) is 11.9. The molecule has 2 heterocycles. The molecule has 6 heteroatoms. The summed E-state index contributed by atoms with van der Waals surface area (Å²) in [6.07, 6.45) is 4.44. The van der Waals surface area contributed by atoms with Gasteiger partial charge >= 0.3 is 0 Å². The number of hydrogen-bond donors (Lipinski definition) is 1. The molecular formula is C26H32F2N2O2. The van der Waals surface area contributed by atoms with E-state index in [9.17, 15) is 13.9 Å². The monoisotopic (exact) mass is 442 g/mol. The summed E-state index contributed by atoms with van der Waals surface area (Å²) in [5.41, 5.74) is 1.65. The maximum Gasteiger partial charge on any atom is 0.143 e. The molecule has 1 saturated carbocycles. The highest BCUT2D eigenvalue weighted by Crippen LogP contribution is 2.40. The van der Waals surface area contributed by atoms with E-state index < -0.39 is 17.7 Å². The third-order valence-electron chi connectivity index (χ3n) is 7.41. The van der Waals surface area contributed by atoms with E-state index in [-0.39, 0.29) is 6.10 Å². The maximum atomic E-state index is 14.1. The summed E-state index contributed by atoms with van der Waals surface area (Å²) in [6.45, 7) is 4.25. The minimum atomic E-state index is -0.547. The Morgan fingerprint density at radius 1 is 0.938 bits per heavy atom. The third kappa shape index (κ3) is 4.62. The Bertz CT molecular complexity index is 934. The fourth-order valence-electron chi connectivity index (χ4n) is 5.75. The summed E-state index contributed by atoms with van der Waals surface area (Å²) < 4.78 is 33.8. The van der Waals surface area contributed by atoms with Crippen LogP contribution < -0.4 is 9.64 Å². The molecule has 3 aliphatic rings. The summed E-state index contributed by atoms with van der Waals surface area (Å²) in [4.78, 5) is 4.62. The van der Waals surface area contributed by atoms with E-state index in [0.29, 0.717) is 30.4 Å². The number of anilines is 1. The van der Waals surface area contributed by atoms with Gasteiger partial charge in [-0.3, -0.25) is 4.90 Å². The van der Waals surface area contributed by atoms with Gasteiger partial charge in [0.1, 0.15) is 23.5 Å². The minimum Gasteiger partial charge on any atom is -0.486 e. The van der Waals surface area contributed by atoms with E-state index in [0.717, 1.165) is 50.1 Å². The highest BCUT2D eigenvalue weighted by atomic mass is 19.1. The van der Waals surface area contributed by atoms with E-state index in [4.69, 9.17) is 4.74 Å². The van der Waals surface area contributed by atoms with Gasteiger partial charge in [-0.15, -0.1) is 0 Å². The molecule has 2 aromatic carbocycles. The third-order valence-corrected chi connectivity index (χ3v) is 7.41. The predicted molar refractivity (Wildman–Crippen MR) is 121 cm³/mol. The molecule has 0 bridgehead atoms. The quantitative estimate of drug-likeness (QED) is 0.734. The lowest BCUT2D eigenvalue weighted by Gasteiger charge is -2.37. The van der Waals surface area contributed by atoms with Crippen LogP contribution in [-0.4, -0.2) is 48.4 Å². The molecule has 5 rings (SSSR count). The van der Waals surface area contributed by atoms with Crippen molar-refractivity contribution in [2.75, 3.05) is 31.1 Å². The largest absolute Gasteiger partial charge is 0.486 e. The van der Waals surface area contributed by atoms with Gasteiger partial charge in [0, 0.05) is 44.4 Å². The molecule has 0 unspecified atom stereocenters. The van der Waals surface area contributed by atoms with Crippen molar-refractivity contribution in [1.82, 2.24) is 4.90 Å². The van der Waals surface area contributed by atoms with Crippen LogP contribution in [0.4, 0.5) is 14.5 Å². The van der Waals surface area contributed by atoms with Gasteiger partial charge in [0.25, 0.3) is 0 Å². The first kappa shape index (κ1) is 21.7. The Morgan fingerprint density at radius 3 is 2.47 bits per heavy atom. The van der Waals surface area contributed by atoms with Gasteiger partial charge in [-0.1, -0.05) is 18.2 Å². The number of aliphatic hydroxyl groups excluding tert-OH is 1. The van der Waals surface area contributed by atoms with Crippen LogP contribution in [-0.2, 0) is 6.54 Å². The minimum absolute atomic E-state index is 0.232. The second kappa shape index (κ2) is 9.36. The lowest BCUT2D eigenvalue weighted by molar-refractivity contribution is -0.0229. The molecule has 2 aliphatic heterocycles. The van der Waals surface area contributed by atoms with Gasteiger partial charge in [0.05, 0.1) is 11.8 Å². The molecule has 1 aliphatic carbocycles. The molecule has 2 aromatic rings. The van der Waals surface area contributed by atoms with E-state index in [1.54, 1.807) is 0 Å². The number of likely N-dealkylation sites (tertiary alicyclic amines) is 1. The molecule has 0 spiro atoms. The van der Waals surface area contributed by atoms with Crippen LogP contribution in [0.2, 0.25) is 0 Å². The molecule has 4 atom stereocenters. The molecule has 0 amide bonds. The number of ether oxygens (including phenoxy) is 1. The zero-order valence-corrected chi connectivity index (χ0v) is 18.4. The molecule has 4 nitrogen and oxygen atoms in total. The van der Waals surface area contributed by atoms with Crippen molar-refractivity contribution < 1.29 is 18.6 Å². The van der Waals surface area contributed by atoms with E-state index >= 15 is 0 Å². The molecule has 2 saturated heterocycles. The number of hydrogen-bond acceptors (Lipinski definition) is 4. The van der Waals surface area contributed by atoms with Crippen LogP contribution in [0.5, 0.6) is 5.75 Å². The number of nitrogens with zero attached hydrogens (tertiary/aromatic N) is 2. The van der Waals surface area contributed by atoms with Crippen molar-refractivity contribution in [1.29, 1.82) is 0 Å². The number of fused-ring (bicyclic) bond motifs is 1. The van der Waals surface area contributed by atoms with Crippen molar-refractivity contribution in [3.63, 3.8) is 0 Å². The Hall–Kier alpha value is -2.18.